The van der Waals surface area contributed by atoms with Crippen LogP contribution in [0.5, 0.6) is 0 Å². The molecule has 0 bridgehead atoms. The summed E-state index contributed by atoms with van der Waals surface area (Å²) in [5, 5.41) is 9.41. The van der Waals surface area contributed by atoms with Crippen LogP contribution in [0.3, 0.4) is 0 Å². The van der Waals surface area contributed by atoms with Gasteiger partial charge in [-0.25, -0.2) is 4.98 Å². The van der Waals surface area contributed by atoms with Crippen molar-refractivity contribution < 1.29 is 5.11 Å². The van der Waals surface area contributed by atoms with E-state index in [9.17, 15) is 5.11 Å². The standard InChI is InChI=1S/C15H25N3O/c1-12(2)14-9-13(11-19)10-15(16-14)18-6-4-5-17(3)7-8-18/h9-10,12,19H,4-8,11H2,1-3H3. The number of aromatic nitrogens is 1. The average molecular weight is 263 g/mol. The van der Waals surface area contributed by atoms with Crippen LogP contribution in [-0.2, 0) is 6.61 Å². The molecular formula is C15H25N3O. The molecule has 19 heavy (non-hydrogen) atoms. The first-order valence-electron chi connectivity index (χ1n) is 7.15. The first kappa shape index (κ1) is 14.3. The molecule has 1 aliphatic rings. The monoisotopic (exact) mass is 263 g/mol. The minimum Gasteiger partial charge on any atom is -0.392 e. The van der Waals surface area contributed by atoms with Crippen molar-refractivity contribution in [3.63, 3.8) is 0 Å². The lowest BCUT2D eigenvalue weighted by Gasteiger charge is -2.23. The van der Waals surface area contributed by atoms with Crippen LogP contribution in [0.25, 0.3) is 0 Å². The summed E-state index contributed by atoms with van der Waals surface area (Å²) in [6.07, 6.45) is 1.17. The van der Waals surface area contributed by atoms with E-state index in [1.54, 1.807) is 0 Å². The fourth-order valence-corrected chi connectivity index (χ4v) is 2.42. The highest BCUT2D eigenvalue weighted by Gasteiger charge is 2.15. The van der Waals surface area contributed by atoms with E-state index < -0.39 is 0 Å². The Morgan fingerprint density at radius 2 is 2.00 bits per heavy atom. The Morgan fingerprint density at radius 3 is 2.68 bits per heavy atom. The Balaban J connectivity index is 2.24. The van der Waals surface area contributed by atoms with Crippen molar-refractivity contribution in [2.75, 3.05) is 38.1 Å². The molecule has 0 unspecified atom stereocenters. The van der Waals surface area contributed by atoms with Crippen LogP contribution in [0.1, 0.15) is 37.4 Å². The van der Waals surface area contributed by atoms with Crippen molar-refractivity contribution in [1.82, 2.24) is 9.88 Å². The molecule has 1 fully saturated rings. The molecule has 106 valence electrons. The van der Waals surface area contributed by atoms with E-state index >= 15 is 0 Å². The van der Waals surface area contributed by atoms with E-state index in [4.69, 9.17) is 4.98 Å². The number of aliphatic hydroxyl groups excluding tert-OH is 1. The van der Waals surface area contributed by atoms with Gasteiger partial charge in [0.05, 0.1) is 6.61 Å². The molecular weight excluding hydrogens is 238 g/mol. The third-order valence-electron chi connectivity index (χ3n) is 3.71. The summed E-state index contributed by atoms with van der Waals surface area (Å²) in [5.74, 6) is 1.41. The Hall–Kier alpha value is -1.13. The molecule has 2 heterocycles. The van der Waals surface area contributed by atoms with E-state index in [1.165, 1.54) is 6.42 Å². The maximum atomic E-state index is 9.41. The van der Waals surface area contributed by atoms with Crippen LogP contribution in [0, 0.1) is 0 Å². The number of anilines is 1. The Labute approximate surface area is 116 Å². The first-order valence-corrected chi connectivity index (χ1v) is 7.15. The van der Waals surface area contributed by atoms with Crippen LogP contribution >= 0.6 is 0 Å². The van der Waals surface area contributed by atoms with E-state index in [-0.39, 0.29) is 6.61 Å². The number of likely N-dealkylation sites (N-methyl/N-ethyl adjacent to an activating group) is 1. The highest BCUT2D eigenvalue weighted by atomic mass is 16.3. The van der Waals surface area contributed by atoms with Gasteiger partial charge in [-0.15, -0.1) is 0 Å². The van der Waals surface area contributed by atoms with Crippen molar-refractivity contribution >= 4 is 5.82 Å². The molecule has 2 rings (SSSR count). The number of pyridine rings is 1. The summed E-state index contributed by atoms with van der Waals surface area (Å²) >= 11 is 0. The Bertz CT molecular complexity index is 420. The molecule has 1 aliphatic heterocycles. The molecule has 1 aromatic rings. The quantitative estimate of drug-likeness (QED) is 0.903. The highest BCUT2D eigenvalue weighted by molar-refractivity contribution is 5.43. The van der Waals surface area contributed by atoms with E-state index in [2.05, 4.69) is 30.7 Å². The number of hydrogen-bond donors (Lipinski definition) is 1. The normalized spacial score (nSPS) is 17.8. The smallest absolute Gasteiger partial charge is 0.129 e. The molecule has 0 atom stereocenters. The minimum atomic E-state index is 0.0863. The average Bonchev–Trinajstić information content (AvgIpc) is 2.63. The van der Waals surface area contributed by atoms with Gasteiger partial charge < -0.3 is 14.9 Å². The van der Waals surface area contributed by atoms with Gasteiger partial charge in [0.25, 0.3) is 0 Å². The summed E-state index contributed by atoms with van der Waals surface area (Å²) in [5.41, 5.74) is 2.03. The summed E-state index contributed by atoms with van der Waals surface area (Å²) in [6.45, 7) is 8.64. The van der Waals surface area contributed by atoms with E-state index in [0.29, 0.717) is 5.92 Å². The molecule has 0 spiro atoms. The van der Waals surface area contributed by atoms with E-state index in [1.807, 2.05) is 12.1 Å². The maximum Gasteiger partial charge on any atom is 0.129 e. The molecule has 1 aromatic heterocycles. The van der Waals surface area contributed by atoms with Crippen LogP contribution in [0.4, 0.5) is 5.82 Å². The van der Waals surface area contributed by atoms with Crippen molar-refractivity contribution in [1.29, 1.82) is 0 Å². The van der Waals surface area contributed by atoms with Gasteiger partial charge in [-0.3, -0.25) is 0 Å². The van der Waals surface area contributed by atoms with Gasteiger partial charge in [0.15, 0.2) is 0 Å². The number of hydrogen-bond acceptors (Lipinski definition) is 4. The van der Waals surface area contributed by atoms with Gasteiger partial charge in [-0.1, -0.05) is 13.8 Å². The molecule has 1 N–H and O–H groups in total. The Kier molecular flexibility index (Phi) is 4.77. The van der Waals surface area contributed by atoms with Gasteiger partial charge >= 0.3 is 0 Å². The third kappa shape index (κ3) is 3.67. The lowest BCUT2D eigenvalue weighted by molar-refractivity contribution is 0.281. The zero-order valence-corrected chi connectivity index (χ0v) is 12.3. The van der Waals surface area contributed by atoms with Crippen LogP contribution in [0.2, 0.25) is 0 Å². The van der Waals surface area contributed by atoms with Gasteiger partial charge in [-0.05, 0) is 43.6 Å². The predicted octanol–water partition coefficient (Wildman–Crippen LogP) is 1.84. The van der Waals surface area contributed by atoms with E-state index in [0.717, 1.165) is 43.3 Å². The van der Waals surface area contributed by atoms with Gasteiger partial charge in [0.1, 0.15) is 5.82 Å². The maximum absolute atomic E-state index is 9.41. The molecule has 1 saturated heterocycles. The second kappa shape index (κ2) is 6.35. The van der Waals surface area contributed by atoms with Crippen molar-refractivity contribution in [2.24, 2.45) is 0 Å². The van der Waals surface area contributed by atoms with Gasteiger partial charge in [0.2, 0.25) is 0 Å². The zero-order chi connectivity index (χ0) is 13.8. The number of nitrogens with zero attached hydrogens (tertiary/aromatic N) is 3. The van der Waals surface area contributed by atoms with Crippen LogP contribution in [0.15, 0.2) is 12.1 Å². The summed E-state index contributed by atoms with van der Waals surface area (Å²) in [7, 11) is 2.17. The van der Waals surface area contributed by atoms with Gasteiger partial charge in [0, 0.05) is 25.3 Å². The fourth-order valence-electron chi connectivity index (χ4n) is 2.42. The second-order valence-electron chi connectivity index (χ2n) is 5.72. The lowest BCUT2D eigenvalue weighted by atomic mass is 10.1. The fraction of sp³-hybridized carbons (Fsp3) is 0.667. The molecule has 4 heteroatoms. The summed E-state index contributed by atoms with van der Waals surface area (Å²) < 4.78 is 0. The number of rotatable bonds is 3. The van der Waals surface area contributed by atoms with Crippen LogP contribution in [-0.4, -0.2) is 48.2 Å². The molecule has 0 amide bonds. The number of aliphatic hydroxyl groups is 1. The molecule has 0 aromatic carbocycles. The molecule has 0 radical (unpaired) electrons. The Morgan fingerprint density at radius 1 is 1.21 bits per heavy atom. The largest absolute Gasteiger partial charge is 0.392 e. The highest BCUT2D eigenvalue weighted by Crippen LogP contribution is 2.21. The summed E-state index contributed by atoms with van der Waals surface area (Å²) in [4.78, 5) is 9.47. The first-order chi connectivity index (χ1) is 9.10. The van der Waals surface area contributed by atoms with Crippen molar-refractivity contribution in [2.45, 2.75) is 32.8 Å². The third-order valence-corrected chi connectivity index (χ3v) is 3.71. The zero-order valence-electron chi connectivity index (χ0n) is 12.3. The molecule has 4 nitrogen and oxygen atoms in total. The summed E-state index contributed by atoms with van der Waals surface area (Å²) in [6, 6.07) is 4.04. The van der Waals surface area contributed by atoms with Gasteiger partial charge in [-0.2, -0.15) is 0 Å². The van der Waals surface area contributed by atoms with Crippen molar-refractivity contribution in [3.05, 3.63) is 23.4 Å². The minimum absolute atomic E-state index is 0.0863. The predicted molar refractivity (Wildman–Crippen MR) is 78.6 cm³/mol. The molecule has 0 aliphatic carbocycles. The second-order valence-corrected chi connectivity index (χ2v) is 5.72. The van der Waals surface area contributed by atoms with Crippen molar-refractivity contribution in [3.8, 4) is 0 Å². The SMILES string of the molecule is CC(C)c1cc(CO)cc(N2CCCN(C)CC2)n1. The topological polar surface area (TPSA) is 39.6 Å². The lowest BCUT2D eigenvalue weighted by Crippen LogP contribution is -2.29. The van der Waals surface area contributed by atoms with Crippen LogP contribution < -0.4 is 4.90 Å². The molecule has 0 saturated carbocycles.